The fourth-order valence-corrected chi connectivity index (χ4v) is 2.60. The third-order valence-electron chi connectivity index (χ3n) is 4.29. The molecule has 168 valence electrons. The first-order chi connectivity index (χ1) is 12.7. The SMILES string of the molecule is Cc1cc(C(CO)(C(F)(F)F)C(F)(F)F)cc(C(CO)(C(F)(F)F)C(F)(F)F)n1. The summed E-state index contributed by atoms with van der Waals surface area (Å²) in [5.74, 6) is 0. The number of pyridine rings is 1. The Kier molecular flexibility index (Phi) is 6.25. The number of rotatable bonds is 4. The minimum absolute atomic E-state index is 0.0460. The highest BCUT2D eigenvalue weighted by Crippen LogP contribution is 2.55. The van der Waals surface area contributed by atoms with Gasteiger partial charge in [-0.05, 0) is 24.6 Å². The number of aryl methyl sites for hydroxylation is 1. The predicted octanol–water partition coefficient (Wildman–Crippen LogP) is 4.10. The van der Waals surface area contributed by atoms with Crippen molar-refractivity contribution < 1.29 is 62.9 Å². The molecule has 0 bridgehead atoms. The summed E-state index contributed by atoms with van der Waals surface area (Å²) in [6.45, 7) is -5.00. The van der Waals surface area contributed by atoms with E-state index in [2.05, 4.69) is 4.98 Å². The van der Waals surface area contributed by atoms with Crippen molar-refractivity contribution in [2.75, 3.05) is 13.2 Å². The number of hydrogen-bond acceptors (Lipinski definition) is 3. The van der Waals surface area contributed by atoms with Crippen LogP contribution in [-0.4, -0.2) is 53.1 Å². The van der Waals surface area contributed by atoms with Crippen LogP contribution in [0.15, 0.2) is 12.1 Å². The summed E-state index contributed by atoms with van der Waals surface area (Å²) < 4.78 is 159. The summed E-state index contributed by atoms with van der Waals surface area (Å²) in [6, 6.07) is -0.753. The molecule has 0 saturated heterocycles. The monoisotopic (exact) mass is 453 g/mol. The van der Waals surface area contributed by atoms with Gasteiger partial charge in [-0.25, -0.2) is 0 Å². The summed E-state index contributed by atoms with van der Waals surface area (Å²) in [5, 5.41) is 17.8. The number of alkyl halides is 12. The first-order valence-corrected chi connectivity index (χ1v) is 7.21. The minimum Gasteiger partial charge on any atom is -0.395 e. The third kappa shape index (κ3) is 3.73. The van der Waals surface area contributed by atoms with Gasteiger partial charge in [0.05, 0.1) is 18.9 Å². The van der Waals surface area contributed by atoms with Crippen molar-refractivity contribution in [3.05, 3.63) is 29.1 Å². The molecule has 15 heteroatoms. The van der Waals surface area contributed by atoms with Gasteiger partial charge >= 0.3 is 24.7 Å². The van der Waals surface area contributed by atoms with E-state index in [4.69, 9.17) is 10.2 Å². The first kappa shape index (κ1) is 25.3. The van der Waals surface area contributed by atoms with Crippen molar-refractivity contribution in [3.63, 3.8) is 0 Å². The number of hydrogen-bond donors (Lipinski definition) is 2. The molecular weight excluding hydrogens is 442 g/mol. The number of aromatic nitrogens is 1. The van der Waals surface area contributed by atoms with Crippen LogP contribution >= 0.6 is 0 Å². The lowest BCUT2D eigenvalue weighted by atomic mass is 9.76. The van der Waals surface area contributed by atoms with Crippen molar-refractivity contribution in [1.82, 2.24) is 4.98 Å². The molecule has 0 aliphatic rings. The first-order valence-electron chi connectivity index (χ1n) is 7.21. The summed E-state index contributed by atoms with van der Waals surface area (Å²) >= 11 is 0. The van der Waals surface area contributed by atoms with E-state index in [1.165, 1.54) is 0 Å². The zero-order valence-corrected chi connectivity index (χ0v) is 13.9. The van der Waals surface area contributed by atoms with E-state index in [0.29, 0.717) is 6.92 Å². The molecule has 3 nitrogen and oxygen atoms in total. The van der Waals surface area contributed by atoms with Gasteiger partial charge in [0.1, 0.15) is 0 Å². The quantitative estimate of drug-likeness (QED) is 0.676. The second-order valence-corrected chi connectivity index (χ2v) is 6.00. The van der Waals surface area contributed by atoms with E-state index >= 15 is 0 Å². The Labute approximate surface area is 154 Å². The lowest BCUT2D eigenvalue weighted by Gasteiger charge is -2.38. The van der Waals surface area contributed by atoms with E-state index in [1.807, 2.05) is 0 Å². The van der Waals surface area contributed by atoms with Gasteiger partial charge in [0, 0.05) is 5.69 Å². The summed E-state index contributed by atoms with van der Waals surface area (Å²) in [5.41, 5.74) is -16.0. The maximum atomic E-state index is 13.3. The van der Waals surface area contributed by atoms with E-state index < -0.39 is 71.8 Å². The van der Waals surface area contributed by atoms with Crippen LogP contribution in [0.25, 0.3) is 0 Å². The Morgan fingerprint density at radius 1 is 0.655 bits per heavy atom. The largest absolute Gasteiger partial charge is 0.411 e. The highest BCUT2D eigenvalue weighted by Gasteiger charge is 2.74. The molecule has 29 heavy (non-hydrogen) atoms. The molecule has 1 heterocycles. The van der Waals surface area contributed by atoms with Crippen LogP contribution in [0.2, 0.25) is 0 Å². The molecule has 0 aliphatic carbocycles. The average Bonchev–Trinajstić information content (AvgIpc) is 2.42. The Hall–Kier alpha value is -1.77. The number of halogens is 12. The molecule has 0 radical (unpaired) electrons. The van der Waals surface area contributed by atoms with Crippen molar-refractivity contribution in [1.29, 1.82) is 0 Å². The van der Waals surface area contributed by atoms with Crippen molar-refractivity contribution in [2.24, 2.45) is 0 Å². The topological polar surface area (TPSA) is 53.4 Å². The van der Waals surface area contributed by atoms with Crippen molar-refractivity contribution in [3.8, 4) is 0 Å². The van der Waals surface area contributed by atoms with Gasteiger partial charge in [0.25, 0.3) is 0 Å². The normalized spacial score (nSPS) is 15.0. The number of nitrogens with zero attached hydrogens (tertiary/aromatic N) is 1. The molecule has 0 unspecified atom stereocenters. The summed E-state index contributed by atoms with van der Waals surface area (Å²) in [4.78, 5) is 2.81. The lowest BCUT2D eigenvalue weighted by molar-refractivity contribution is -0.313. The van der Waals surface area contributed by atoms with Gasteiger partial charge in [0.15, 0.2) is 0 Å². The fraction of sp³-hybridized carbons (Fsp3) is 0.643. The average molecular weight is 453 g/mol. The Morgan fingerprint density at radius 3 is 1.28 bits per heavy atom. The molecule has 0 atom stereocenters. The molecule has 1 aromatic heterocycles. The van der Waals surface area contributed by atoms with Crippen LogP contribution in [0, 0.1) is 6.92 Å². The third-order valence-corrected chi connectivity index (χ3v) is 4.29. The second kappa shape index (κ2) is 7.18. The summed E-state index contributed by atoms with van der Waals surface area (Å²) in [7, 11) is 0. The second-order valence-electron chi connectivity index (χ2n) is 6.00. The van der Waals surface area contributed by atoms with Crippen LogP contribution in [0.3, 0.4) is 0 Å². The van der Waals surface area contributed by atoms with Gasteiger partial charge in [-0.3, -0.25) is 4.98 Å². The van der Waals surface area contributed by atoms with E-state index in [-0.39, 0.29) is 6.07 Å². The van der Waals surface area contributed by atoms with Crippen LogP contribution in [0.1, 0.15) is 17.0 Å². The van der Waals surface area contributed by atoms with Gasteiger partial charge < -0.3 is 10.2 Å². The Bertz CT molecular complexity index is 646. The standard InChI is InChI=1S/C14H11F12NO2/c1-6-2-7(9(4-28,11(15,16)17)12(18,19)20)3-8(27-6)10(5-29,13(21,22)23)14(24,25)26/h2-3,28-29H,4-5H2,1H3. The van der Waals surface area contributed by atoms with E-state index in [1.54, 1.807) is 0 Å². The minimum atomic E-state index is -6.39. The smallest absolute Gasteiger partial charge is 0.395 e. The summed E-state index contributed by atoms with van der Waals surface area (Å²) in [6.07, 6.45) is -25.5. The van der Waals surface area contributed by atoms with Crippen LogP contribution < -0.4 is 0 Å². The van der Waals surface area contributed by atoms with Crippen LogP contribution in [0.5, 0.6) is 0 Å². The molecule has 1 rings (SSSR count). The maximum absolute atomic E-state index is 13.3. The molecule has 0 spiro atoms. The predicted molar refractivity (Wildman–Crippen MR) is 70.7 cm³/mol. The van der Waals surface area contributed by atoms with Crippen LogP contribution in [0.4, 0.5) is 52.7 Å². The van der Waals surface area contributed by atoms with Crippen molar-refractivity contribution in [2.45, 2.75) is 42.5 Å². The highest BCUT2D eigenvalue weighted by atomic mass is 19.4. The molecule has 1 aromatic rings. The molecule has 2 N–H and O–H groups in total. The molecule has 0 aromatic carbocycles. The molecule has 0 amide bonds. The van der Waals surface area contributed by atoms with Gasteiger partial charge in [-0.15, -0.1) is 0 Å². The maximum Gasteiger partial charge on any atom is 0.411 e. The fourth-order valence-electron chi connectivity index (χ4n) is 2.60. The number of aliphatic hydroxyl groups is 2. The zero-order valence-electron chi connectivity index (χ0n) is 13.9. The Morgan fingerprint density at radius 2 is 1.00 bits per heavy atom. The lowest BCUT2D eigenvalue weighted by Crippen LogP contribution is -2.58. The van der Waals surface area contributed by atoms with Gasteiger partial charge in [0.2, 0.25) is 10.8 Å². The number of aliphatic hydroxyl groups excluding tert-OH is 2. The van der Waals surface area contributed by atoms with Gasteiger partial charge in [-0.2, -0.15) is 52.7 Å². The van der Waals surface area contributed by atoms with Crippen molar-refractivity contribution >= 4 is 0 Å². The Balaban J connectivity index is 4.10. The molecule has 0 aliphatic heterocycles. The van der Waals surface area contributed by atoms with Crippen LogP contribution in [-0.2, 0) is 10.8 Å². The van der Waals surface area contributed by atoms with Gasteiger partial charge in [-0.1, -0.05) is 0 Å². The highest BCUT2D eigenvalue weighted by molar-refractivity contribution is 5.37. The molecule has 0 fully saturated rings. The van der Waals surface area contributed by atoms with E-state index in [0.717, 1.165) is 0 Å². The molecule has 0 saturated carbocycles. The molecular formula is C14H11F12NO2. The zero-order chi connectivity index (χ0) is 23.3. The van der Waals surface area contributed by atoms with E-state index in [9.17, 15) is 52.7 Å².